The molecule has 0 saturated carbocycles. The van der Waals surface area contributed by atoms with E-state index in [1.54, 1.807) is 0 Å². The first-order valence-electron chi connectivity index (χ1n) is 7.51. The molecule has 21 heavy (non-hydrogen) atoms. The van der Waals surface area contributed by atoms with Crippen LogP contribution in [0.25, 0.3) is 0 Å². The van der Waals surface area contributed by atoms with Crippen LogP contribution in [0.5, 0.6) is 0 Å². The van der Waals surface area contributed by atoms with Gasteiger partial charge in [0.15, 0.2) is 0 Å². The second-order valence-corrected chi connectivity index (χ2v) is 6.07. The van der Waals surface area contributed by atoms with Crippen LogP contribution in [-0.4, -0.2) is 18.5 Å². The molecular weight excluding hydrogens is 260 g/mol. The Morgan fingerprint density at radius 1 is 1.10 bits per heavy atom. The maximum Gasteiger partial charge on any atom is 0.118 e. The highest BCUT2D eigenvalue weighted by molar-refractivity contribution is 5.30. The fraction of sp³-hybridized carbons (Fsp3) is 0.444. The largest absolute Gasteiger partial charge is 0.465 e. The van der Waals surface area contributed by atoms with Gasteiger partial charge in [-0.25, -0.2) is 0 Å². The predicted molar refractivity (Wildman–Crippen MR) is 87.2 cm³/mol. The molecule has 0 amide bonds. The van der Waals surface area contributed by atoms with E-state index in [-0.39, 0.29) is 6.04 Å². The first-order valence-corrected chi connectivity index (χ1v) is 7.51. The summed E-state index contributed by atoms with van der Waals surface area (Å²) in [7, 11) is 2.10. The topological polar surface area (TPSA) is 42.4 Å². The number of hydrogen-bond acceptors (Lipinski definition) is 3. The van der Waals surface area contributed by atoms with E-state index in [4.69, 9.17) is 10.2 Å². The molecule has 0 aliphatic heterocycles. The summed E-state index contributed by atoms with van der Waals surface area (Å²) in [6.45, 7) is 7.99. The Bertz CT molecular complexity index is 568. The van der Waals surface area contributed by atoms with Crippen LogP contribution >= 0.6 is 0 Å². The van der Waals surface area contributed by atoms with Crippen molar-refractivity contribution in [2.75, 3.05) is 13.6 Å². The zero-order valence-electron chi connectivity index (χ0n) is 13.5. The van der Waals surface area contributed by atoms with E-state index in [9.17, 15) is 0 Å². The van der Waals surface area contributed by atoms with Crippen molar-refractivity contribution in [1.29, 1.82) is 0 Å². The van der Waals surface area contributed by atoms with Crippen LogP contribution in [0.4, 0.5) is 0 Å². The van der Waals surface area contributed by atoms with Crippen molar-refractivity contribution in [2.45, 2.75) is 39.8 Å². The number of nitrogens with two attached hydrogens (primary N) is 1. The van der Waals surface area contributed by atoms with Gasteiger partial charge in [-0.3, -0.25) is 4.90 Å². The third-order valence-electron chi connectivity index (χ3n) is 3.72. The minimum atomic E-state index is 0.0874. The molecule has 114 valence electrons. The summed E-state index contributed by atoms with van der Waals surface area (Å²) in [6.07, 6.45) is 0.944. The maximum atomic E-state index is 6.33. The van der Waals surface area contributed by atoms with Crippen molar-refractivity contribution in [2.24, 2.45) is 5.73 Å². The van der Waals surface area contributed by atoms with Crippen molar-refractivity contribution >= 4 is 0 Å². The van der Waals surface area contributed by atoms with E-state index in [1.807, 2.05) is 19.1 Å². The van der Waals surface area contributed by atoms with Crippen molar-refractivity contribution in [3.8, 4) is 0 Å². The molecule has 1 heterocycles. The number of aryl methyl sites for hydroxylation is 3. The average molecular weight is 286 g/mol. The minimum Gasteiger partial charge on any atom is -0.465 e. The van der Waals surface area contributed by atoms with E-state index in [0.717, 1.165) is 31.0 Å². The molecule has 1 unspecified atom stereocenters. The molecular formula is C18H26N2O. The molecule has 3 heteroatoms. The van der Waals surface area contributed by atoms with Crippen LogP contribution in [-0.2, 0) is 6.54 Å². The highest BCUT2D eigenvalue weighted by Gasteiger charge is 2.10. The molecule has 0 saturated heterocycles. The highest BCUT2D eigenvalue weighted by Crippen LogP contribution is 2.18. The fourth-order valence-electron chi connectivity index (χ4n) is 2.67. The van der Waals surface area contributed by atoms with Crippen molar-refractivity contribution in [3.63, 3.8) is 0 Å². The van der Waals surface area contributed by atoms with E-state index in [0.29, 0.717) is 0 Å². The number of rotatable bonds is 6. The monoisotopic (exact) mass is 286 g/mol. The van der Waals surface area contributed by atoms with Gasteiger partial charge >= 0.3 is 0 Å². The van der Waals surface area contributed by atoms with Gasteiger partial charge in [-0.15, -0.1) is 0 Å². The van der Waals surface area contributed by atoms with Gasteiger partial charge in [0.1, 0.15) is 11.5 Å². The number of nitrogens with zero attached hydrogens (tertiary/aromatic N) is 1. The summed E-state index contributed by atoms with van der Waals surface area (Å²) < 4.78 is 5.60. The Balaban J connectivity index is 1.86. The summed E-state index contributed by atoms with van der Waals surface area (Å²) in [4.78, 5) is 2.25. The molecule has 0 aliphatic rings. The summed E-state index contributed by atoms with van der Waals surface area (Å²) in [5.41, 5.74) is 10.1. The average Bonchev–Trinajstić information content (AvgIpc) is 2.80. The van der Waals surface area contributed by atoms with E-state index < -0.39 is 0 Å². The molecule has 2 N–H and O–H groups in total. The summed E-state index contributed by atoms with van der Waals surface area (Å²) in [6, 6.07) is 10.7. The maximum absolute atomic E-state index is 6.33. The molecule has 0 spiro atoms. The van der Waals surface area contributed by atoms with Gasteiger partial charge in [0.2, 0.25) is 0 Å². The van der Waals surface area contributed by atoms with Gasteiger partial charge in [-0.05, 0) is 51.9 Å². The van der Waals surface area contributed by atoms with Gasteiger partial charge in [-0.1, -0.05) is 29.3 Å². The Morgan fingerprint density at radius 2 is 1.76 bits per heavy atom. The quantitative estimate of drug-likeness (QED) is 0.880. The second kappa shape index (κ2) is 6.92. The van der Waals surface area contributed by atoms with E-state index in [2.05, 4.69) is 44.0 Å². The van der Waals surface area contributed by atoms with Gasteiger partial charge < -0.3 is 10.2 Å². The van der Waals surface area contributed by atoms with Crippen LogP contribution in [0.1, 0.15) is 40.7 Å². The summed E-state index contributed by atoms with van der Waals surface area (Å²) >= 11 is 0. The predicted octanol–water partition coefficient (Wildman–Crippen LogP) is 3.73. The Labute approximate surface area is 127 Å². The van der Waals surface area contributed by atoms with Crippen LogP contribution in [0.3, 0.4) is 0 Å². The lowest BCUT2D eigenvalue weighted by Gasteiger charge is -2.19. The zero-order chi connectivity index (χ0) is 15.4. The molecule has 0 fully saturated rings. The SMILES string of the molecule is Cc1cc(C)cc(C(N)CCN(C)Cc2ccc(C)o2)c1. The number of benzene rings is 1. The zero-order valence-corrected chi connectivity index (χ0v) is 13.5. The lowest BCUT2D eigenvalue weighted by atomic mass is 10.00. The molecule has 2 aromatic rings. The van der Waals surface area contributed by atoms with Crippen LogP contribution in [0.2, 0.25) is 0 Å². The summed E-state index contributed by atoms with van der Waals surface area (Å²) in [5, 5.41) is 0. The van der Waals surface area contributed by atoms with Gasteiger partial charge in [0.05, 0.1) is 6.54 Å². The molecule has 1 aromatic heterocycles. The lowest BCUT2D eigenvalue weighted by molar-refractivity contribution is 0.281. The molecule has 0 aliphatic carbocycles. The van der Waals surface area contributed by atoms with Gasteiger partial charge in [0.25, 0.3) is 0 Å². The van der Waals surface area contributed by atoms with Crippen molar-refractivity contribution < 1.29 is 4.42 Å². The standard InChI is InChI=1S/C18H26N2O/c1-13-9-14(2)11-16(10-13)18(19)7-8-20(4)12-17-6-5-15(3)21-17/h5-6,9-11,18H,7-8,12,19H2,1-4H3. The van der Waals surface area contributed by atoms with E-state index in [1.165, 1.54) is 16.7 Å². The molecule has 3 nitrogen and oxygen atoms in total. The van der Waals surface area contributed by atoms with Gasteiger partial charge in [0, 0.05) is 12.6 Å². The van der Waals surface area contributed by atoms with Crippen molar-refractivity contribution in [3.05, 3.63) is 58.5 Å². The Kier molecular flexibility index (Phi) is 5.21. The van der Waals surface area contributed by atoms with Crippen LogP contribution in [0.15, 0.2) is 34.7 Å². The smallest absolute Gasteiger partial charge is 0.118 e. The van der Waals surface area contributed by atoms with Crippen LogP contribution in [0, 0.1) is 20.8 Å². The van der Waals surface area contributed by atoms with E-state index >= 15 is 0 Å². The second-order valence-electron chi connectivity index (χ2n) is 6.07. The molecule has 2 rings (SSSR count). The summed E-state index contributed by atoms with van der Waals surface area (Å²) in [5.74, 6) is 1.97. The Morgan fingerprint density at radius 3 is 2.33 bits per heavy atom. The molecule has 0 bridgehead atoms. The number of furan rings is 1. The Hall–Kier alpha value is -1.58. The first kappa shape index (κ1) is 15.8. The normalized spacial score (nSPS) is 12.9. The van der Waals surface area contributed by atoms with Crippen LogP contribution < -0.4 is 5.73 Å². The lowest BCUT2D eigenvalue weighted by Crippen LogP contribution is -2.23. The van der Waals surface area contributed by atoms with Crippen molar-refractivity contribution in [1.82, 2.24) is 4.90 Å². The molecule has 1 aromatic carbocycles. The molecule has 1 atom stereocenters. The molecule has 0 radical (unpaired) electrons. The highest BCUT2D eigenvalue weighted by atomic mass is 16.3. The first-order chi connectivity index (χ1) is 9.94. The third kappa shape index (κ3) is 4.73. The van der Waals surface area contributed by atoms with Gasteiger partial charge in [-0.2, -0.15) is 0 Å². The minimum absolute atomic E-state index is 0.0874. The number of hydrogen-bond donors (Lipinski definition) is 1. The fourth-order valence-corrected chi connectivity index (χ4v) is 2.67. The third-order valence-corrected chi connectivity index (χ3v) is 3.72.